The standard InChI is InChI=1S/C30H22N4O7S2/c1-42(37,38)21-11-7-19(8-12-21)33-17-25(23-5-3-15-31-27(23)33)29(35)41-30(36)26-18-34(28-24(26)6-4-16-32-28)20-9-13-22(14-10-20)43(2,39)40/h3-18H,1-2H3. The van der Waals surface area contributed by atoms with Crippen molar-refractivity contribution in [1.29, 1.82) is 0 Å². The summed E-state index contributed by atoms with van der Waals surface area (Å²) in [5.74, 6) is -1.81. The molecule has 0 aliphatic carbocycles. The Balaban J connectivity index is 1.35. The van der Waals surface area contributed by atoms with Gasteiger partial charge in [0.25, 0.3) is 0 Å². The zero-order chi connectivity index (χ0) is 30.5. The molecule has 6 rings (SSSR count). The van der Waals surface area contributed by atoms with Crippen LogP contribution in [-0.2, 0) is 24.4 Å². The minimum Gasteiger partial charge on any atom is -0.386 e. The van der Waals surface area contributed by atoms with Crippen LogP contribution in [0.15, 0.2) is 107 Å². The number of pyridine rings is 2. The van der Waals surface area contributed by atoms with Gasteiger partial charge < -0.3 is 13.9 Å². The molecule has 4 heterocycles. The summed E-state index contributed by atoms with van der Waals surface area (Å²) in [5.41, 5.74) is 2.10. The van der Waals surface area contributed by atoms with Gasteiger partial charge in [0, 0.05) is 59.4 Å². The highest BCUT2D eigenvalue weighted by atomic mass is 32.2. The number of carbonyl (C=O) groups excluding carboxylic acids is 2. The molecule has 216 valence electrons. The predicted molar refractivity (Wildman–Crippen MR) is 158 cm³/mol. The van der Waals surface area contributed by atoms with E-state index in [-0.39, 0.29) is 20.9 Å². The van der Waals surface area contributed by atoms with Crippen LogP contribution < -0.4 is 0 Å². The molecule has 2 aromatic carbocycles. The van der Waals surface area contributed by atoms with E-state index < -0.39 is 31.6 Å². The zero-order valence-electron chi connectivity index (χ0n) is 22.7. The SMILES string of the molecule is CS(=O)(=O)c1ccc(-n2cc(C(=O)OC(=O)c3cn(-c4ccc(S(C)(=O)=O)cc4)c4ncccc34)c3cccnc32)cc1. The van der Waals surface area contributed by atoms with Crippen LogP contribution in [0.4, 0.5) is 0 Å². The van der Waals surface area contributed by atoms with E-state index in [0.29, 0.717) is 33.4 Å². The number of nitrogens with zero attached hydrogens (tertiary/aromatic N) is 4. The van der Waals surface area contributed by atoms with Crippen LogP contribution in [-0.4, -0.2) is 60.4 Å². The van der Waals surface area contributed by atoms with E-state index in [4.69, 9.17) is 4.74 Å². The first-order valence-corrected chi connectivity index (χ1v) is 16.5. The third-order valence-electron chi connectivity index (χ3n) is 6.84. The van der Waals surface area contributed by atoms with E-state index in [0.717, 1.165) is 12.5 Å². The molecule has 43 heavy (non-hydrogen) atoms. The van der Waals surface area contributed by atoms with Gasteiger partial charge >= 0.3 is 11.9 Å². The van der Waals surface area contributed by atoms with Crippen LogP contribution in [0, 0.1) is 0 Å². The number of ether oxygens (including phenoxy) is 1. The van der Waals surface area contributed by atoms with Crippen LogP contribution >= 0.6 is 0 Å². The molecule has 0 aliphatic heterocycles. The lowest BCUT2D eigenvalue weighted by Gasteiger charge is -2.05. The molecule has 11 nitrogen and oxygen atoms in total. The molecule has 6 aromatic rings. The van der Waals surface area contributed by atoms with Crippen molar-refractivity contribution in [2.45, 2.75) is 9.79 Å². The fourth-order valence-electron chi connectivity index (χ4n) is 4.74. The number of aromatic nitrogens is 4. The molecule has 0 aliphatic rings. The molecule has 4 aromatic heterocycles. The number of hydrogen-bond donors (Lipinski definition) is 0. The number of benzene rings is 2. The van der Waals surface area contributed by atoms with Crippen molar-refractivity contribution in [3.63, 3.8) is 0 Å². The molecule has 13 heteroatoms. The molecule has 0 saturated carbocycles. The summed E-state index contributed by atoms with van der Waals surface area (Å²) < 4.78 is 56.1. The van der Waals surface area contributed by atoms with Gasteiger partial charge in [0.05, 0.1) is 20.9 Å². The van der Waals surface area contributed by atoms with Crippen molar-refractivity contribution in [2.24, 2.45) is 0 Å². The van der Waals surface area contributed by atoms with Crippen LogP contribution in [0.1, 0.15) is 20.7 Å². The Morgan fingerprint density at radius 2 is 0.977 bits per heavy atom. The summed E-state index contributed by atoms with van der Waals surface area (Å²) in [4.78, 5) is 35.8. The Morgan fingerprint density at radius 3 is 1.33 bits per heavy atom. The van der Waals surface area contributed by atoms with E-state index in [1.165, 1.54) is 36.7 Å². The fourth-order valence-corrected chi connectivity index (χ4v) is 6.00. The molecule has 0 fully saturated rings. The molecular weight excluding hydrogens is 592 g/mol. The molecule has 0 saturated heterocycles. The van der Waals surface area contributed by atoms with Gasteiger partial charge in [-0.1, -0.05) is 0 Å². The first-order chi connectivity index (χ1) is 20.4. The number of sulfone groups is 2. The lowest BCUT2D eigenvalue weighted by molar-refractivity contribution is 0.0400. The number of hydrogen-bond acceptors (Lipinski definition) is 9. The first kappa shape index (κ1) is 28.0. The maximum absolute atomic E-state index is 13.4. The Labute approximate surface area is 245 Å². The van der Waals surface area contributed by atoms with E-state index in [2.05, 4.69) is 9.97 Å². The van der Waals surface area contributed by atoms with E-state index in [1.54, 1.807) is 70.1 Å². The first-order valence-electron chi connectivity index (χ1n) is 12.7. The molecule has 0 atom stereocenters. The molecule has 0 N–H and O–H groups in total. The minimum atomic E-state index is -3.40. The van der Waals surface area contributed by atoms with E-state index in [1.807, 2.05) is 0 Å². The van der Waals surface area contributed by atoms with Crippen molar-refractivity contribution in [2.75, 3.05) is 12.5 Å². The molecule has 0 radical (unpaired) electrons. The summed E-state index contributed by atoms with van der Waals surface area (Å²) in [6.07, 6.45) is 8.29. The van der Waals surface area contributed by atoms with Crippen molar-refractivity contribution in [3.05, 3.63) is 109 Å². The van der Waals surface area contributed by atoms with Gasteiger partial charge in [-0.3, -0.25) is 0 Å². The fraction of sp³-hybridized carbons (Fsp3) is 0.0667. The normalized spacial score (nSPS) is 12.0. The molecule has 0 bridgehead atoms. The highest BCUT2D eigenvalue weighted by Crippen LogP contribution is 2.28. The average molecular weight is 615 g/mol. The Kier molecular flexibility index (Phi) is 6.70. The van der Waals surface area contributed by atoms with Gasteiger partial charge in [0.1, 0.15) is 11.3 Å². The van der Waals surface area contributed by atoms with Crippen molar-refractivity contribution in [3.8, 4) is 11.4 Å². The van der Waals surface area contributed by atoms with Gasteiger partial charge in [-0.2, -0.15) is 0 Å². The maximum atomic E-state index is 13.4. The largest absolute Gasteiger partial charge is 0.386 e. The molecular formula is C30H22N4O7S2. The van der Waals surface area contributed by atoms with Crippen molar-refractivity contribution in [1.82, 2.24) is 19.1 Å². The highest BCUT2D eigenvalue weighted by molar-refractivity contribution is 7.91. The van der Waals surface area contributed by atoms with Crippen molar-refractivity contribution < 1.29 is 31.2 Å². The second-order valence-electron chi connectivity index (χ2n) is 9.78. The predicted octanol–water partition coefficient (Wildman–Crippen LogP) is 4.17. The topological polar surface area (TPSA) is 147 Å². The monoisotopic (exact) mass is 614 g/mol. The summed E-state index contributed by atoms with van der Waals surface area (Å²) in [7, 11) is -6.80. The highest BCUT2D eigenvalue weighted by Gasteiger charge is 2.25. The second kappa shape index (κ2) is 10.3. The van der Waals surface area contributed by atoms with E-state index in [9.17, 15) is 26.4 Å². The van der Waals surface area contributed by atoms with Gasteiger partial charge in [-0.15, -0.1) is 0 Å². The Bertz CT molecular complexity index is 2120. The number of rotatable bonds is 6. The van der Waals surface area contributed by atoms with Gasteiger partial charge in [-0.25, -0.2) is 36.4 Å². The zero-order valence-corrected chi connectivity index (χ0v) is 24.3. The lowest BCUT2D eigenvalue weighted by Crippen LogP contribution is -2.12. The average Bonchev–Trinajstić information content (AvgIpc) is 3.56. The maximum Gasteiger partial charge on any atom is 0.348 e. The van der Waals surface area contributed by atoms with Crippen LogP contribution in [0.2, 0.25) is 0 Å². The quantitative estimate of drug-likeness (QED) is 0.199. The van der Waals surface area contributed by atoms with Crippen LogP contribution in [0.5, 0.6) is 0 Å². The number of fused-ring (bicyclic) bond motifs is 2. The minimum absolute atomic E-state index is 0.0851. The van der Waals surface area contributed by atoms with Crippen LogP contribution in [0.25, 0.3) is 33.4 Å². The second-order valence-corrected chi connectivity index (χ2v) is 13.8. The third-order valence-corrected chi connectivity index (χ3v) is 9.09. The lowest BCUT2D eigenvalue weighted by atomic mass is 10.2. The van der Waals surface area contributed by atoms with Gasteiger partial charge in [-0.05, 0) is 72.8 Å². The van der Waals surface area contributed by atoms with E-state index >= 15 is 0 Å². The van der Waals surface area contributed by atoms with Crippen molar-refractivity contribution >= 4 is 53.7 Å². The smallest absolute Gasteiger partial charge is 0.348 e. The summed E-state index contributed by atoms with van der Waals surface area (Å²) in [5, 5.41) is 0.866. The molecule has 0 unspecified atom stereocenters. The van der Waals surface area contributed by atoms with Gasteiger partial charge in [0.2, 0.25) is 0 Å². The summed E-state index contributed by atoms with van der Waals surface area (Å²) >= 11 is 0. The van der Waals surface area contributed by atoms with Crippen LogP contribution in [0.3, 0.4) is 0 Å². The van der Waals surface area contributed by atoms with Gasteiger partial charge in [0.15, 0.2) is 19.7 Å². The Morgan fingerprint density at radius 1 is 0.605 bits per heavy atom. The third kappa shape index (κ3) is 5.19. The molecule has 0 spiro atoms. The number of carbonyl (C=O) groups is 2. The summed E-state index contributed by atoms with van der Waals surface area (Å²) in [6, 6.07) is 18.8. The molecule has 0 amide bonds. The Hall–Kier alpha value is -5.14. The summed E-state index contributed by atoms with van der Waals surface area (Å²) in [6.45, 7) is 0. The number of esters is 2.